The van der Waals surface area contributed by atoms with Crippen LogP contribution in [0.15, 0.2) is 27.6 Å². The van der Waals surface area contributed by atoms with Crippen LogP contribution < -0.4 is 4.90 Å². The van der Waals surface area contributed by atoms with E-state index in [-0.39, 0.29) is 11.8 Å². The smallest absolute Gasteiger partial charge is 0.267 e. The van der Waals surface area contributed by atoms with E-state index in [4.69, 9.17) is 12.2 Å². The highest BCUT2D eigenvalue weighted by atomic mass is 79.9. The SMILES string of the molecule is CCCCCCCCN1C(=O)/C(=C2/C(=O)N(CCC)c3ccc(Br)cc32)SC1=S. The molecule has 156 valence electrons. The summed E-state index contributed by atoms with van der Waals surface area (Å²) in [5.74, 6) is -0.221. The second-order valence-electron chi connectivity index (χ2n) is 7.41. The van der Waals surface area contributed by atoms with Gasteiger partial charge in [0, 0.05) is 23.1 Å². The normalized spacial score (nSPS) is 18.9. The molecule has 0 bridgehead atoms. The van der Waals surface area contributed by atoms with Gasteiger partial charge in [-0.1, -0.05) is 85.9 Å². The van der Waals surface area contributed by atoms with E-state index in [1.807, 2.05) is 25.1 Å². The van der Waals surface area contributed by atoms with Crippen LogP contribution in [0.3, 0.4) is 0 Å². The van der Waals surface area contributed by atoms with Gasteiger partial charge in [0.1, 0.15) is 4.32 Å². The van der Waals surface area contributed by atoms with Crippen LogP contribution in [0.5, 0.6) is 0 Å². The Bertz CT molecular complexity index is 853. The summed E-state index contributed by atoms with van der Waals surface area (Å²) in [6, 6.07) is 5.80. The predicted octanol–water partition coefficient (Wildman–Crippen LogP) is 6.14. The molecule has 1 aromatic rings. The first kappa shape index (κ1) is 22.5. The molecule has 1 fully saturated rings. The van der Waals surface area contributed by atoms with Crippen LogP contribution in [0.2, 0.25) is 0 Å². The van der Waals surface area contributed by atoms with E-state index in [2.05, 4.69) is 22.9 Å². The molecule has 1 saturated heterocycles. The van der Waals surface area contributed by atoms with Crippen LogP contribution in [0.4, 0.5) is 5.69 Å². The first-order valence-corrected chi connectivity index (χ1v) is 12.4. The Hall–Kier alpha value is -1.18. The number of nitrogens with zero attached hydrogens (tertiary/aromatic N) is 2. The van der Waals surface area contributed by atoms with Gasteiger partial charge < -0.3 is 4.90 Å². The van der Waals surface area contributed by atoms with E-state index in [1.165, 1.54) is 37.4 Å². The maximum atomic E-state index is 13.2. The molecule has 0 atom stereocenters. The topological polar surface area (TPSA) is 40.6 Å². The Morgan fingerprint density at radius 3 is 2.38 bits per heavy atom. The van der Waals surface area contributed by atoms with Gasteiger partial charge >= 0.3 is 0 Å². The van der Waals surface area contributed by atoms with E-state index in [1.54, 1.807) is 9.80 Å². The highest BCUT2D eigenvalue weighted by molar-refractivity contribution is 9.10. The minimum absolute atomic E-state index is 0.0972. The zero-order valence-electron chi connectivity index (χ0n) is 17.0. The summed E-state index contributed by atoms with van der Waals surface area (Å²) in [4.78, 5) is 30.3. The monoisotopic (exact) mass is 494 g/mol. The molecule has 2 aliphatic heterocycles. The molecule has 0 radical (unpaired) electrons. The van der Waals surface area contributed by atoms with Crippen LogP contribution in [-0.2, 0) is 9.59 Å². The molecular weight excluding hydrogens is 468 g/mol. The standard InChI is InChI=1S/C22H27BrN2O2S2/c1-3-5-6-7-8-9-13-25-21(27)19(29-22(25)28)18-16-14-15(23)10-11-17(16)24(12-4-2)20(18)26/h10-11,14H,3-9,12-13H2,1-2H3/b19-18-. The fourth-order valence-electron chi connectivity index (χ4n) is 3.76. The van der Waals surface area contributed by atoms with Crippen molar-refractivity contribution in [1.29, 1.82) is 0 Å². The van der Waals surface area contributed by atoms with Crippen molar-refractivity contribution in [2.75, 3.05) is 18.0 Å². The minimum atomic E-state index is -0.124. The highest BCUT2D eigenvalue weighted by Gasteiger charge is 2.41. The lowest BCUT2D eigenvalue weighted by molar-refractivity contribution is -0.122. The minimum Gasteiger partial charge on any atom is -0.308 e. The first-order chi connectivity index (χ1) is 14.0. The predicted molar refractivity (Wildman–Crippen MR) is 129 cm³/mol. The van der Waals surface area contributed by atoms with Crippen molar-refractivity contribution in [1.82, 2.24) is 4.90 Å². The summed E-state index contributed by atoms with van der Waals surface area (Å²) in [7, 11) is 0. The number of halogens is 1. The lowest BCUT2D eigenvalue weighted by Gasteiger charge is -2.15. The molecule has 2 aliphatic rings. The van der Waals surface area contributed by atoms with E-state index >= 15 is 0 Å². The Kier molecular flexibility index (Phi) is 7.93. The number of fused-ring (bicyclic) bond motifs is 1. The van der Waals surface area contributed by atoms with E-state index < -0.39 is 0 Å². The summed E-state index contributed by atoms with van der Waals surface area (Å²) >= 11 is 10.3. The van der Waals surface area contributed by atoms with Gasteiger partial charge in [-0.3, -0.25) is 14.5 Å². The molecule has 2 amide bonds. The molecule has 0 aromatic heterocycles. The van der Waals surface area contributed by atoms with Gasteiger partial charge in [0.15, 0.2) is 0 Å². The van der Waals surface area contributed by atoms with Gasteiger partial charge in [0.25, 0.3) is 11.8 Å². The van der Waals surface area contributed by atoms with Gasteiger partial charge in [-0.05, 0) is 31.0 Å². The van der Waals surface area contributed by atoms with Gasteiger partial charge in [-0.15, -0.1) is 0 Å². The Morgan fingerprint density at radius 2 is 1.66 bits per heavy atom. The highest BCUT2D eigenvalue weighted by Crippen LogP contribution is 2.45. The summed E-state index contributed by atoms with van der Waals surface area (Å²) in [5, 5.41) is 0. The maximum Gasteiger partial charge on any atom is 0.267 e. The largest absolute Gasteiger partial charge is 0.308 e. The molecule has 7 heteroatoms. The first-order valence-electron chi connectivity index (χ1n) is 10.4. The van der Waals surface area contributed by atoms with Gasteiger partial charge in [-0.2, -0.15) is 0 Å². The van der Waals surface area contributed by atoms with Crippen molar-refractivity contribution in [3.63, 3.8) is 0 Å². The van der Waals surface area contributed by atoms with Crippen LogP contribution >= 0.6 is 39.9 Å². The number of amides is 2. The number of anilines is 1. The zero-order chi connectivity index (χ0) is 21.0. The Labute approximate surface area is 191 Å². The van der Waals surface area contributed by atoms with Crippen molar-refractivity contribution in [2.24, 2.45) is 0 Å². The average Bonchev–Trinajstić information content (AvgIpc) is 3.11. The van der Waals surface area contributed by atoms with Crippen molar-refractivity contribution in [3.05, 3.63) is 33.1 Å². The van der Waals surface area contributed by atoms with Crippen LogP contribution in [0.1, 0.15) is 64.4 Å². The molecule has 4 nitrogen and oxygen atoms in total. The zero-order valence-corrected chi connectivity index (χ0v) is 20.2. The number of unbranched alkanes of at least 4 members (excludes halogenated alkanes) is 5. The maximum absolute atomic E-state index is 13.2. The molecule has 29 heavy (non-hydrogen) atoms. The summed E-state index contributed by atoms with van der Waals surface area (Å²) < 4.78 is 1.45. The quantitative estimate of drug-likeness (QED) is 0.235. The molecule has 0 N–H and O–H groups in total. The molecule has 0 aliphatic carbocycles. The third-order valence-corrected chi connectivity index (χ3v) is 7.18. The van der Waals surface area contributed by atoms with Crippen molar-refractivity contribution in [2.45, 2.75) is 58.8 Å². The van der Waals surface area contributed by atoms with Gasteiger partial charge in [-0.25, -0.2) is 0 Å². The number of thiocarbonyl (C=S) groups is 1. The van der Waals surface area contributed by atoms with E-state index in [0.29, 0.717) is 27.9 Å². The number of hydrogen-bond donors (Lipinski definition) is 0. The molecule has 0 spiro atoms. The summed E-state index contributed by atoms with van der Waals surface area (Å²) in [5.41, 5.74) is 2.19. The van der Waals surface area contributed by atoms with Crippen LogP contribution in [0, 0.1) is 0 Å². The number of rotatable bonds is 9. The number of hydrogen-bond acceptors (Lipinski definition) is 4. The molecule has 0 unspecified atom stereocenters. The van der Waals surface area contributed by atoms with Gasteiger partial charge in [0.2, 0.25) is 0 Å². The van der Waals surface area contributed by atoms with E-state index in [9.17, 15) is 9.59 Å². The third kappa shape index (κ3) is 4.78. The lowest BCUT2D eigenvalue weighted by Crippen LogP contribution is -2.30. The third-order valence-electron chi connectivity index (χ3n) is 5.24. The molecule has 1 aromatic carbocycles. The van der Waals surface area contributed by atoms with E-state index in [0.717, 1.165) is 35.0 Å². The second-order valence-corrected chi connectivity index (χ2v) is 9.97. The molecule has 0 saturated carbocycles. The summed E-state index contributed by atoms with van der Waals surface area (Å²) in [6.07, 6.45) is 7.82. The van der Waals surface area contributed by atoms with Crippen molar-refractivity contribution < 1.29 is 9.59 Å². The fourth-order valence-corrected chi connectivity index (χ4v) is 5.50. The summed E-state index contributed by atoms with van der Waals surface area (Å²) in [6.45, 7) is 5.51. The van der Waals surface area contributed by atoms with Gasteiger partial charge in [0.05, 0.1) is 16.2 Å². The second kappa shape index (κ2) is 10.2. The lowest BCUT2D eigenvalue weighted by atomic mass is 10.1. The van der Waals surface area contributed by atoms with Crippen LogP contribution in [-0.4, -0.2) is 34.1 Å². The van der Waals surface area contributed by atoms with Crippen molar-refractivity contribution in [3.8, 4) is 0 Å². The number of carbonyl (C=O) groups is 2. The molecule has 3 rings (SSSR count). The number of benzene rings is 1. The Balaban J connectivity index is 1.82. The average molecular weight is 496 g/mol. The molecule has 2 heterocycles. The number of thioether (sulfide) groups is 1. The molecular formula is C22H27BrN2O2S2. The van der Waals surface area contributed by atoms with Crippen molar-refractivity contribution >= 4 is 67.3 Å². The van der Waals surface area contributed by atoms with Crippen LogP contribution in [0.25, 0.3) is 5.57 Å². The fraction of sp³-hybridized carbons (Fsp3) is 0.500. The Morgan fingerprint density at radius 1 is 0.931 bits per heavy atom. The number of carbonyl (C=O) groups excluding carboxylic acids is 2.